The fourth-order valence-electron chi connectivity index (χ4n) is 4.50. The molecule has 3 heterocycles. The molecule has 1 atom stereocenters. The lowest BCUT2D eigenvalue weighted by Gasteiger charge is -2.48. The van der Waals surface area contributed by atoms with Crippen LogP contribution in [0.15, 0.2) is 6.07 Å². The summed E-state index contributed by atoms with van der Waals surface area (Å²) in [6.45, 7) is 13.7. The normalized spacial score (nSPS) is 25.0. The van der Waals surface area contributed by atoms with Gasteiger partial charge in [-0.3, -0.25) is 14.5 Å². The molecule has 0 aromatic carbocycles. The van der Waals surface area contributed by atoms with Crippen molar-refractivity contribution >= 4 is 0 Å². The molecule has 24 heavy (non-hydrogen) atoms. The number of nitrogens with zero attached hydrogens (tertiary/aromatic N) is 5. The minimum absolute atomic E-state index is 0.367. The first-order chi connectivity index (χ1) is 11.4. The van der Waals surface area contributed by atoms with E-state index in [0.29, 0.717) is 11.6 Å². The van der Waals surface area contributed by atoms with Crippen LogP contribution in [-0.2, 0) is 6.54 Å². The maximum absolute atomic E-state index is 4.67. The molecule has 2 aliphatic rings. The van der Waals surface area contributed by atoms with Gasteiger partial charge < -0.3 is 4.90 Å². The van der Waals surface area contributed by atoms with E-state index in [2.05, 4.69) is 65.4 Å². The molecule has 0 N–H and O–H groups in total. The first kappa shape index (κ1) is 17.9. The van der Waals surface area contributed by atoms with Crippen LogP contribution in [0, 0.1) is 13.8 Å². The third-order valence-electron chi connectivity index (χ3n) is 6.33. The number of aryl methyl sites for hydroxylation is 2. The molecule has 1 spiro atoms. The molecule has 0 radical (unpaired) electrons. The van der Waals surface area contributed by atoms with E-state index in [9.17, 15) is 0 Å². The summed E-state index contributed by atoms with van der Waals surface area (Å²) in [5.74, 6) is 0. The van der Waals surface area contributed by atoms with E-state index in [0.717, 1.165) is 12.2 Å². The van der Waals surface area contributed by atoms with E-state index in [1.807, 2.05) is 0 Å². The summed E-state index contributed by atoms with van der Waals surface area (Å²) in [5.41, 5.74) is 2.77. The molecule has 5 nitrogen and oxygen atoms in total. The summed E-state index contributed by atoms with van der Waals surface area (Å²) in [4.78, 5) is 7.87. The van der Waals surface area contributed by atoms with E-state index >= 15 is 0 Å². The van der Waals surface area contributed by atoms with Gasteiger partial charge in [0.25, 0.3) is 0 Å². The van der Waals surface area contributed by atoms with Crippen molar-refractivity contribution in [3.05, 3.63) is 17.5 Å². The first-order valence-corrected chi connectivity index (χ1v) is 9.54. The van der Waals surface area contributed by atoms with E-state index in [1.54, 1.807) is 0 Å². The summed E-state index contributed by atoms with van der Waals surface area (Å²) in [7, 11) is 4.60. The van der Waals surface area contributed by atoms with Crippen LogP contribution in [0.2, 0.25) is 0 Å². The number of hydrogen-bond acceptors (Lipinski definition) is 4. The summed E-state index contributed by atoms with van der Waals surface area (Å²) >= 11 is 0. The summed E-state index contributed by atoms with van der Waals surface area (Å²) in [6.07, 6.45) is 3.86. The minimum atomic E-state index is 0.367. The van der Waals surface area contributed by atoms with Crippen molar-refractivity contribution in [3.63, 3.8) is 0 Å². The van der Waals surface area contributed by atoms with Crippen LogP contribution in [0.4, 0.5) is 0 Å². The molecule has 1 aromatic rings. The quantitative estimate of drug-likeness (QED) is 0.845. The van der Waals surface area contributed by atoms with Gasteiger partial charge in [-0.1, -0.05) is 0 Å². The molecule has 2 fully saturated rings. The standard InChI is InChI=1S/C19H35N5/c1-16-13-17(2)24(20-16)14-18(3)23-10-6-9-22(5)19(15-23)7-11-21(4)12-8-19/h13,18H,6-12,14-15H2,1-5H3. The van der Waals surface area contributed by atoms with Crippen LogP contribution in [-0.4, -0.2) is 82.9 Å². The van der Waals surface area contributed by atoms with Crippen molar-refractivity contribution < 1.29 is 0 Å². The Balaban J connectivity index is 1.71. The molecule has 2 saturated heterocycles. The number of aromatic nitrogens is 2. The zero-order valence-electron chi connectivity index (χ0n) is 16.3. The van der Waals surface area contributed by atoms with Gasteiger partial charge in [-0.05, 0) is 86.4 Å². The fraction of sp³-hybridized carbons (Fsp3) is 0.842. The minimum Gasteiger partial charge on any atom is -0.306 e. The van der Waals surface area contributed by atoms with Gasteiger partial charge in [0.2, 0.25) is 0 Å². The number of rotatable bonds is 3. The highest BCUT2D eigenvalue weighted by atomic mass is 15.3. The maximum atomic E-state index is 4.67. The molecule has 1 aromatic heterocycles. The lowest BCUT2D eigenvalue weighted by atomic mass is 9.85. The van der Waals surface area contributed by atoms with Crippen LogP contribution in [0.5, 0.6) is 0 Å². The van der Waals surface area contributed by atoms with Gasteiger partial charge >= 0.3 is 0 Å². The van der Waals surface area contributed by atoms with Crippen molar-refractivity contribution in [3.8, 4) is 0 Å². The van der Waals surface area contributed by atoms with Gasteiger partial charge in [-0.2, -0.15) is 5.10 Å². The van der Waals surface area contributed by atoms with Gasteiger partial charge in [0.05, 0.1) is 12.2 Å². The lowest BCUT2D eigenvalue weighted by Crippen LogP contribution is -2.58. The van der Waals surface area contributed by atoms with E-state index in [1.165, 1.54) is 57.7 Å². The Hall–Kier alpha value is -0.910. The molecular formula is C19H35N5. The highest BCUT2D eigenvalue weighted by Gasteiger charge is 2.41. The Morgan fingerprint density at radius 3 is 2.46 bits per heavy atom. The van der Waals surface area contributed by atoms with Crippen LogP contribution in [0.3, 0.4) is 0 Å². The lowest BCUT2D eigenvalue weighted by molar-refractivity contribution is 0.0253. The molecule has 3 rings (SSSR count). The van der Waals surface area contributed by atoms with Crippen LogP contribution in [0.1, 0.15) is 37.6 Å². The summed E-state index contributed by atoms with van der Waals surface area (Å²) < 4.78 is 2.19. The Kier molecular flexibility index (Phi) is 5.33. The molecule has 0 bridgehead atoms. The van der Waals surface area contributed by atoms with Crippen LogP contribution in [0.25, 0.3) is 0 Å². The molecule has 2 aliphatic heterocycles. The van der Waals surface area contributed by atoms with E-state index in [-0.39, 0.29) is 0 Å². The molecular weight excluding hydrogens is 298 g/mol. The monoisotopic (exact) mass is 333 g/mol. The number of likely N-dealkylation sites (N-methyl/N-ethyl adjacent to an activating group) is 1. The topological polar surface area (TPSA) is 27.5 Å². The van der Waals surface area contributed by atoms with Crippen molar-refractivity contribution in [1.29, 1.82) is 0 Å². The number of likely N-dealkylation sites (tertiary alicyclic amines) is 1. The predicted octanol–water partition coefficient (Wildman–Crippen LogP) is 1.99. The largest absolute Gasteiger partial charge is 0.306 e. The van der Waals surface area contributed by atoms with Gasteiger partial charge in [-0.15, -0.1) is 0 Å². The van der Waals surface area contributed by atoms with Crippen LogP contribution < -0.4 is 0 Å². The summed E-state index contributed by atoms with van der Waals surface area (Å²) in [5, 5.41) is 4.67. The van der Waals surface area contributed by atoms with Crippen molar-refractivity contribution in [2.24, 2.45) is 0 Å². The average molecular weight is 334 g/mol. The Morgan fingerprint density at radius 1 is 1.12 bits per heavy atom. The van der Waals surface area contributed by atoms with Crippen molar-refractivity contribution in [1.82, 2.24) is 24.5 Å². The molecule has 0 amide bonds. The highest BCUT2D eigenvalue weighted by Crippen LogP contribution is 2.31. The molecule has 136 valence electrons. The number of piperidine rings is 1. The zero-order valence-corrected chi connectivity index (χ0v) is 16.3. The zero-order chi connectivity index (χ0) is 17.3. The average Bonchev–Trinajstić information content (AvgIpc) is 2.76. The maximum Gasteiger partial charge on any atom is 0.0596 e. The van der Waals surface area contributed by atoms with Gasteiger partial charge in [0, 0.05) is 23.8 Å². The predicted molar refractivity (Wildman–Crippen MR) is 99.4 cm³/mol. The Bertz CT molecular complexity index is 544. The van der Waals surface area contributed by atoms with Gasteiger partial charge in [0.1, 0.15) is 0 Å². The third kappa shape index (κ3) is 3.68. The van der Waals surface area contributed by atoms with Crippen molar-refractivity contribution in [2.45, 2.75) is 58.2 Å². The van der Waals surface area contributed by atoms with E-state index in [4.69, 9.17) is 0 Å². The smallest absolute Gasteiger partial charge is 0.0596 e. The highest BCUT2D eigenvalue weighted by molar-refractivity contribution is 5.07. The second-order valence-corrected chi connectivity index (χ2v) is 8.23. The van der Waals surface area contributed by atoms with Crippen LogP contribution >= 0.6 is 0 Å². The molecule has 0 aliphatic carbocycles. The second-order valence-electron chi connectivity index (χ2n) is 8.23. The Morgan fingerprint density at radius 2 is 1.83 bits per heavy atom. The van der Waals surface area contributed by atoms with Gasteiger partial charge in [0.15, 0.2) is 0 Å². The Labute approximate surface area is 147 Å². The van der Waals surface area contributed by atoms with Gasteiger partial charge in [-0.25, -0.2) is 0 Å². The molecule has 1 unspecified atom stereocenters. The molecule has 5 heteroatoms. The SMILES string of the molecule is Cc1cc(C)n(CC(C)N2CCCN(C)C3(CCN(C)CC3)C2)n1. The first-order valence-electron chi connectivity index (χ1n) is 9.54. The van der Waals surface area contributed by atoms with E-state index < -0.39 is 0 Å². The molecule has 0 saturated carbocycles. The third-order valence-corrected chi connectivity index (χ3v) is 6.33. The fourth-order valence-corrected chi connectivity index (χ4v) is 4.50. The van der Waals surface area contributed by atoms with Crippen molar-refractivity contribution in [2.75, 3.05) is 46.8 Å². The number of hydrogen-bond donors (Lipinski definition) is 0. The second kappa shape index (κ2) is 7.14. The summed E-state index contributed by atoms with van der Waals surface area (Å²) in [6, 6.07) is 2.72.